The summed E-state index contributed by atoms with van der Waals surface area (Å²) in [6.45, 7) is 0. The van der Waals surface area contributed by atoms with E-state index in [1.54, 1.807) is 0 Å². The number of azo groups is 1. The molecule has 0 aliphatic rings. The van der Waals surface area contributed by atoms with Crippen molar-refractivity contribution in [2.45, 2.75) is 0 Å². The van der Waals surface area contributed by atoms with Gasteiger partial charge in [0.2, 0.25) is 0 Å². The molecule has 2 aromatic carbocycles. The van der Waals surface area contributed by atoms with Crippen LogP contribution in [0.2, 0.25) is 0 Å². The van der Waals surface area contributed by atoms with Crippen LogP contribution in [0.3, 0.4) is 0 Å². The lowest BCUT2D eigenvalue weighted by atomic mass is 10.2. The molecule has 120 valence electrons. The Kier molecular flexibility index (Phi) is 5.63. The van der Waals surface area contributed by atoms with Crippen molar-refractivity contribution in [1.82, 2.24) is 0 Å². The zero-order valence-electron chi connectivity index (χ0n) is 11.4. The maximum absolute atomic E-state index is 10.9. The van der Waals surface area contributed by atoms with E-state index in [-0.39, 0.29) is 34.9 Å². The number of nitrogens with zero attached hydrogens (tertiary/aromatic N) is 2. The Morgan fingerprint density at radius 1 is 0.739 bits per heavy atom. The molecule has 0 fully saturated rings. The molecule has 0 heterocycles. The van der Waals surface area contributed by atoms with Gasteiger partial charge in [-0.15, -0.1) is 12.4 Å². The molecule has 0 radical (unpaired) electrons. The Balaban J connectivity index is 0.00000264. The largest absolute Gasteiger partial charge is 0.507 e. The van der Waals surface area contributed by atoms with Gasteiger partial charge in [0.05, 0.1) is 11.4 Å². The van der Waals surface area contributed by atoms with Crippen LogP contribution in [0.4, 0.5) is 11.4 Å². The zero-order valence-corrected chi connectivity index (χ0v) is 12.2. The topological polar surface area (TPSA) is 140 Å². The van der Waals surface area contributed by atoms with Crippen molar-refractivity contribution in [3.05, 3.63) is 47.5 Å². The molecule has 23 heavy (non-hydrogen) atoms. The summed E-state index contributed by atoms with van der Waals surface area (Å²) in [6, 6.07) is 7.28. The third-order valence-electron chi connectivity index (χ3n) is 2.70. The average molecular weight is 339 g/mol. The summed E-state index contributed by atoms with van der Waals surface area (Å²) < 4.78 is 0. The molecule has 0 aliphatic carbocycles. The molecule has 0 aromatic heterocycles. The number of benzene rings is 2. The average Bonchev–Trinajstić information content (AvgIpc) is 2.47. The molecule has 0 saturated heterocycles. The predicted molar refractivity (Wildman–Crippen MR) is 81.6 cm³/mol. The normalized spacial score (nSPS) is 10.3. The van der Waals surface area contributed by atoms with Gasteiger partial charge in [0, 0.05) is 0 Å². The molecule has 0 atom stereocenters. The molecule has 0 unspecified atom stereocenters. The second-order valence-electron chi connectivity index (χ2n) is 4.21. The lowest BCUT2D eigenvalue weighted by molar-refractivity contribution is 0.0682. The summed E-state index contributed by atoms with van der Waals surface area (Å²) >= 11 is 0. The Morgan fingerprint density at radius 2 is 1.09 bits per heavy atom. The van der Waals surface area contributed by atoms with E-state index in [0.29, 0.717) is 0 Å². The fourth-order valence-electron chi connectivity index (χ4n) is 1.63. The van der Waals surface area contributed by atoms with Crippen molar-refractivity contribution in [3.8, 4) is 11.5 Å². The van der Waals surface area contributed by atoms with Gasteiger partial charge in [-0.3, -0.25) is 0 Å². The molecule has 0 bridgehead atoms. The van der Waals surface area contributed by atoms with Crippen LogP contribution >= 0.6 is 12.4 Å². The standard InChI is InChI=1S/C14H10N2O6.ClH/c17-11-3-1-7(5-9(11)13(19)20)15-16-8-2-4-12(18)10(6-8)14(21)22;/h1-6,17-18H,(H,19,20)(H,21,22);1H. The smallest absolute Gasteiger partial charge is 0.339 e. The van der Waals surface area contributed by atoms with Crippen molar-refractivity contribution < 1.29 is 30.0 Å². The Labute approximate surface area is 135 Å². The Hall–Kier alpha value is -3.13. The van der Waals surface area contributed by atoms with E-state index < -0.39 is 23.4 Å². The first-order chi connectivity index (χ1) is 10.4. The number of hydrogen-bond acceptors (Lipinski definition) is 6. The highest BCUT2D eigenvalue weighted by Gasteiger charge is 2.11. The Bertz CT molecular complexity index is 725. The summed E-state index contributed by atoms with van der Waals surface area (Å²) in [5.74, 6) is -3.42. The van der Waals surface area contributed by atoms with E-state index in [9.17, 15) is 19.8 Å². The highest BCUT2D eigenvalue weighted by atomic mass is 35.5. The van der Waals surface area contributed by atoms with E-state index in [1.807, 2.05) is 0 Å². The monoisotopic (exact) mass is 338 g/mol. The highest BCUT2D eigenvalue weighted by Crippen LogP contribution is 2.27. The number of aromatic carboxylic acids is 2. The first kappa shape index (κ1) is 17.9. The lowest BCUT2D eigenvalue weighted by Crippen LogP contribution is -1.96. The lowest BCUT2D eigenvalue weighted by Gasteiger charge is -2.01. The van der Waals surface area contributed by atoms with Crippen molar-refractivity contribution in [2.75, 3.05) is 0 Å². The quantitative estimate of drug-likeness (QED) is 0.630. The number of halogens is 1. The number of carbonyl (C=O) groups is 2. The summed E-state index contributed by atoms with van der Waals surface area (Å²) in [7, 11) is 0. The minimum atomic E-state index is -1.31. The van der Waals surface area contributed by atoms with Crippen LogP contribution in [-0.4, -0.2) is 32.4 Å². The Morgan fingerprint density at radius 3 is 1.39 bits per heavy atom. The third-order valence-corrected chi connectivity index (χ3v) is 2.70. The van der Waals surface area contributed by atoms with E-state index in [4.69, 9.17) is 10.2 Å². The van der Waals surface area contributed by atoms with Crippen molar-refractivity contribution in [1.29, 1.82) is 0 Å². The van der Waals surface area contributed by atoms with Gasteiger partial charge in [0.1, 0.15) is 22.6 Å². The predicted octanol–water partition coefficient (Wildman–Crippen LogP) is 3.33. The van der Waals surface area contributed by atoms with Crippen molar-refractivity contribution in [2.24, 2.45) is 10.2 Å². The minimum absolute atomic E-state index is 0. The van der Waals surface area contributed by atoms with Crippen LogP contribution in [0.5, 0.6) is 11.5 Å². The molecule has 8 nitrogen and oxygen atoms in total. The summed E-state index contributed by atoms with van der Waals surface area (Å²) in [5, 5.41) is 44.0. The maximum Gasteiger partial charge on any atom is 0.339 e. The maximum atomic E-state index is 10.9. The fourth-order valence-corrected chi connectivity index (χ4v) is 1.63. The van der Waals surface area contributed by atoms with Crippen LogP contribution in [0.15, 0.2) is 46.6 Å². The fraction of sp³-hybridized carbons (Fsp3) is 0. The summed E-state index contributed by atoms with van der Waals surface area (Å²) in [4.78, 5) is 21.8. The van der Waals surface area contributed by atoms with Crippen molar-refractivity contribution >= 4 is 35.7 Å². The molecular formula is C14H11ClN2O6. The number of carboxylic acids is 2. The summed E-state index contributed by atoms with van der Waals surface area (Å²) in [5.41, 5.74) is -0.318. The van der Waals surface area contributed by atoms with Gasteiger partial charge in [-0.2, -0.15) is 10.2 Å². The molecule has 0 saturated carbocycles. The molecule has 0 amide bonds. The second-order valence-corrected chi connectivity index (χ2v) is 4.21. The molecule has 4 N–H and O–H groups in total. The number of aromatic hydroxyl groups is 2. The summed E-state index contributed by atoms with van der Waals surface area (Å²) in [6.07, 6.45) is 0. The first-order valence-corrected chi connectivity index (χ1v) is 5.93. The van der Waals surface area contributed by atoms with Gasteiger partial charge in [-0.1, -0.05) is 0 Å². The van der Waals surface area contributed by atoms with Gasteiger partial charge in [-0.05, 0) is 36.4 Å². The highest BCUT2D eigenvalue weighted by molar-refractivity contribution is 5.92. The van der Waals surface area contributed by atoms with Gasteiger partial charge < -0.3 is 20.4 Å². The van der Waals surface area contributed by atoms with Crippen LogP contribution < -0.4 is 0 Å². The van der Waals surface area contributed by atoms with Crippen molar-refractivity contribution in [3.63, 3.8) is 0 Å². The molecule has 2 rings (SSSR count). The number of rotatable bonds is 4. The minimum Gasteiger partial charge on any atom is -0.507 e. The van der Waals surface area contributed by atoms with Gasteiger partial charge >= 0.3 is 11.9 Å². The van der Waals surface area contributed by atoms with E-state index in [2.05, 4.69) is 10.2 Å². The third kappa shape index (κ3) is 4.17. The van der Waals surface area contributed by atoms with E-state index in [0.717, 1.165) is 24.3 Å². The van der Waals surface area contributed by atoms with E-state index in [1.165, 1.54) is 12.1 Å². The van der Waals surface area contributed by atoms with Crippen LogP contribution in [0, 0.1) is 0 Å². The van der Waals surface area contributed by atoms with Gasteiger partial charge in [0.25, 0.3) is 0 Å². The second kappa shape index (κ2) is 7.23. The molecule has 9 heteroatoms. The van der Waals surface area contributed by atoms with Gasteiger partial charge in [0.15, 0.2) is 0 Å². The first-order valence-electron chi connectivity index (χ1n) is 5.93. The molecule has 0 aliphatic heterocycles. The zero-order chi connectivity index (χ0) is 16.3. The number of carboxylic acid groups (broad SMARTS) is 2. The van der Waals surface area contributed by atoms with E-state index >= 15 is 0 Å². The molecular weight excluding hydrogens is 328 g/mol. The number of hydrogen-bond donors (Lipinski definition) is 4. The SMILES string of the molecule is Cl.O=C(O)c1cc(N=Nc2ccc(O)c(C(=O)O)c2)ccc1O. The van der Waals surface area contributed by atoms with Crippen LogP contribution in [0.1, 0.15) is 20.7 Å². The molecule has 0 spiro atoms. The number of phenols is 2. The van der Waals surface area contributed by atoms with Crippen LogP contribution in [0.25, 0.3) is 0 Å². The van der Waals surface area contributed by atoms with Gasteiger partial charge in [-0.25, -0.2) is 9.59 Å². The van der Waals surface area contributed by atoms with Crippen LogP contribution in [-0.2, 0) is 0 Å². The molecule has 2 aromatic rings.